The van der Waals surface area contributed by atoms with Crippen LogP contribution in [0.5, 0.6) is 0 Å². The van der Waals surface area contributed by atoms with Crippen molar-refractivity contribution < 1.29 is 9.53 Å². The van der Waals surface area contributed by atoms with Crippen LogP contribution in [0.1, 0.15) is 44.1 Å². The first-order chi connectivity index (χ1) is 10.3. The molecule has 2 heterocycles. The summed E-state index contributed by atoms with van der Waals surface area (Å²) in [6.45, 7) is 1.17. The fourth-order valence-corrected chi connectivity index (χ4v) is 5.30. The molecule has 0 spiro atoms. The van der Waals surface area contributed by atoms with Gasteiger partial charge in [-0.1, -0.05) is 36.8 Å². The Balaban J connectivity index is 1.38. The Kier molecular flexibility index (Phi) is 5.37. The molecule has 0 aromatic heterocycles. The van der Waals surface area contributed by atoms with Crippen LogP contribution in [0, 0.1) is 5.92 Å². The zero-order chi connectivity index (χ0) is 14.5. The van der Waals surface area contributed by atoms with Gasteiger partial charge < -0.3 is 4.74 Å². The first kappa shape index (κ1) is 15.1. The summed E-state index contributed by atoms with van der Waals surface area (Å²) < 4.78 is 5.65. The highest BCUT2D eigenvalue weighted by Gasteiger charge is 2.35. The van der Waals surface area contributed by atoms with Crippen LogP contribution in [0.4, 0.5) is 0 Å². The normalized spacial score (nSPS) is 28.3. The Morgan fingerprint density at radius 3 is 2.57 bits per heavy atom. The lowest BCUT2D eigenvalue weighted by molar-refractivity contribution is -0.124. The molecule has 0 radical (unpaired) electrons. The highest BCUT2D eigenvalue weighted by molar-refractivity contribution is 8.00. The average Bonchev–Trinajstić information content (AvgIpc) is 2.52. The van der Waals surface area contributed by atoms with E-state index < -0.39 is 0 Å². The molecule has 1 aromatic rings. The van der Waals surface area contributed by atoms with E-state index in [0.29, 0.717) is 31.3 Å². The van der Waals surface area contributed by atoms with Crippen LogP contribution in [0.15, 0.2) is 30.3 Å². The molecule has 21 heavy (non-hydrogen) atoms. The zero-order valence-corrected chi connectivity index (χ0v) is 13.3. The molecular formula is C18H24O2S. The van der Waals surface area contributed by atoms with E-state index >= 15 is 0 Å². The van der Waals surface area contributed by atoms with Gasteiger partial charge in [0.1, 0.15) is 5.78 Å². The van der Waals surface area contributed by atoms with Gasteiger partial charge in [0.2, 0.25) is 0 Å². The third-order valence-corrected chi connectivity index (χ3v) is 6.22. The van der Waals surface area contributed by atoms with Gasteiger partial charge in [-0.2, -0.15) is 11.8 Å². The van der Waals surface area contributed by atoms with Crippen molar-refractivity contribution in [3.63, 3.8) is 0 Å². The van der Waals surface area contributed by atoms with E-state index in [1.165, 1.54) is 24.8 Å². The number of thioether (sulfide) groups is 1. The maximum atomic E-state index is 12.4. The molecule has 2 saturated heterocycles. The molecule has 3 heteroatoms. The zero-order valence-electron chi connectivity index (χ0n) is 12.5. The second kappa shape index (κ2) is 7.46. The number of hydrogen-bond acceptors (Lipinski definition) is 3. The van der Waals surface area contributed by atoms with Gasteiger partial charge in [-0.15, -0.1) is 0 Å². The minimum atomic E-state index is 0.307. The first-order valence-corrected chi connectivity index (χ1v) is 9.05. The van der Waals surface area contributed by atoms with E-state index in [2.05, 4.69) is 23.9 Å². The van der Waals surface area contributed by atoms with Crippen molar-refractivity contribution in [2.45, 2.75) is 55.6 Å². The van der Waals surface area contributed by atoms with Crippen molar-refractivity contribution in [3.8, 4) is 0 Å². The van der Waals surface area contributed by atoms with Gasteiger partial charge in [-0.3, -0.25) is 4.79 Å². The Morgan fingerprint density at radius 2 is 1.86 bits per heavy atom. The summed E-state index contributed by atoms with van der Waals surface area (Å²) in [5.74, 6) is 0.738. The molecule has 3 rings (SSSR count). The lowest BCUT2D eigenvalue weighted by Crippen LogP contribution is -2.33. The smallest absolute Gasteiger partial charge is 0.138 e. The SMILES string of the molecule is O=C(CCOCc1ccccc1)C1CC2CCCC(C1)S2. The lowest BCUT2D eigenvalue weighted by atomic mass is 9.86. The van der Waals surface area contributed by atoms with Gasteiger partial charge in [0.05, 0.1) is 13.2 Å². The van der Waals surface area contributed by atoms with Crippen LogP contribution in [0.25, 0.3) is 0 Å². The fraction of sp³-hybridized carbons (Fsp3) is 0.611. The van der Waals surface area contributed by atoms with Gasteiger partial charge >= 0.3 is 0 Å². The standard InChI is InChI=1S/C18H24O2S/c19-18(9-10-20-13-14-5-2-1-3-6-14)15-11-16-7-4-8-17(12-15)21-16/h1-3,5-6,15-17H,4,7-13H2. The third kappa shape index (κ3) is 4.33. The van der Waals surface area contributed by atoms with Gasteiger partial charge in [0.15, 0.2) is 0 Å². The number of carbonyl (C=O) groups excluding carboxylic acids is 1. The fourth-order valence-electron chi connectivity index (χ4n) is 3.46. The number of ketones is 1. The molecule has 2 bridgehead atoms. The average molecular weight is 304 g/mol. The minimum absolute atomic E-state index is 0.307. The van der Waals surface area contributed by atoms with Gasteiger partial charge in [-0.05, 0) is 31.2 Å². The van der Waals surface area contributed by atoms with Crippen LogP contribution in [-0.2, 0) is 16.1 Å². The van der Waals surface area contributed by atoms with Crippen LogP contribution in [0.2, 0.25) is 0 Å². The maximum Gasteiger partial charge on any atom is 0.138 e. The Hall–Kier alpha value is -0.800. The molecule has 2 nitrogen and oxygen atoms in total. The Bertz CT molecular complexity index is 448. The summed E-state index contributed by atoms with van der Waals surface area (Å²) >= 11 is 2.14. The van der Waals surface area contributed by atoms with Crippen molar-refractivity contribution in [3.05, 3.63) is 35.9 Å². The summed E-state index contributed by atoms with van der Waals surface area (Å²) in [6, 6.07) is 10.2. The van der Waals surface area contributed by atoms with Crippen LogP contribution >= 0.6 is 11.8 Å². The van der Waals surface area contributed by atoms with E-state index in [9.17, 15) is 4.79 Å². The van der Waals surface area contributed by atoms with Crippen LogP contribution < -0.4 is 0 Å². The topological polar surface area (TPSA) is 26.3 Å². The van der Waals surface area contributed by atoms with E-state index in [-0.39, 0.29) is 0 Å². The molecule has 0 amide bonds. The second-order valence-electron chi connectivity index (χ2n) is 6.23. The monoisotopic (exact) mass is 304 g/mol. The van der Waals surface area contributed by atoms with Crippen LogP contribution in [-0.4, -0.2) is 22.9 Å². The van der Waals surface area contributed by atoms with Gasteiger partial charge in [0.25, 0.3) is 0 Å². The van der Waals surface area contributed by atoms with E-state index in [4.69, 9.17) is 4.74 Å². The number of hydrogen-bond donors (Lipinski definition) is 0. The van der Waals surface area contributed by atoms with Crippen molar-refractivity contribution in [1.82, 2.24) is 0 Å². The molecular weight excluding hydrogens is 280 g/mol. The largest absolute Gasteiger partial charge is 0.376 e. The molecule has 2 fully saturated rings. The molecule has 2 unspecified atom stereocenters. The minimum Gasteiger partial charge on any atom is -0.376 e. The molecule has 2 aliphatic heterocycles. The summed E-state index contributed by atoms with van der Waals surface area (Å²) in [7, 11) is 0. The molecule has 0 N–H and O–H groups in total. The summed E-state index contributed by atoms with van der Waals surface area (Å²) in [4.78, 5) is 12.4. The van der Waals surface area contributed by atoms with E-state index in [0.717, 1.165) is 23.3 Å². The molecule has 114 valence electrons. The molecule has 0 aliphatic carbocycles. The van der Waals surface area contributed by atoms with Crippen molar-refractivity contribution in [1.29, 1.82) is 0 Å². The van der Waals surface area contributed by atoms with Crippen molar-refractivity contribution in [2.24, 2.45) is 5.92 Å². The molecule has 2 atom stereocenters. The summed E-state index contributed by atoms with van der Waals surface area (Å²) in [5, 5.41) is 1.49. The third-order valence-electron chi connectivity index (χ3n) is 4.59. The van der Waals surface area contributed by atoms with Crippen LogP contribution in [0.3, 0.4) is 0 Å². The number of Topliss-reactive ketones (excluding diaryl/α,β-unsaturated/α-hetero) is 1. The van der Waals surface area contributed by atoms with Gasteiger partial charge in [-0.25, -0.2) is 0 Å². The second-order valence-corrected chi connectivity index (χ2v) is 7.84. The Labute approximate surface area is 131 Å². The predicted octanol–water partition coefficient (Wildman–Crippen LogP) is 4.23. The predicted molar refractivity (Wildman–Crippen MR) is 87.5 cm³/mol. The Morgan fingerprint density at radius 1 is 1.14 bits per heavy atom. The number of benzene rings is 1. The first-order valence-electron chi connectivity index (χ1n) is 8.11. The number of fused-ring (bicyclic) bond motifs is 2. The summed E-state index contributed by atoms with van der Waals surface area (Å²) in [6.07, 6.45) is 6.80. The highest BCUT2D eigenvalue weighted by Crippen LogP contribution is 2.44. The van der Waals surface area contributed by atoms with Crippen molar-refractivity contribution >= 4 is 17.5 Å². The molecule has 2 aliphatic rings. The van der Waals surface area contributed by atoms with Gasteiger partial charge in [0, 0.05) is 22.8 Å². The summed E-state index contributed by atoms with van der Waals surface area (Å²) in [5.41, 5.74) is 1.17. The quantitative estimate of drug-likeness (QED) is 0.736. The number of carbonyl (C=O) groups is 1. The number of ether oxygens (including phenoxy) is 1. The lowest BCUT2D eigenvalue weighted by Gasteiger charge is -2.37. The van der Waals surface area contributed by atoms with E-state index in [1.807, 2.05) is 18.2 Å². The number of rotatable bonds is 6. The molecule has 1 aromatic carbocycles. The highest BCUT2D eigenvalue weighted by atomic mass is 32.2. The van der Waals surface area contributed by atoms with Crippen molar-refractivity contribution in [2.75, 3.05) is 6.61 Å². The molecule has 0 saturated carbocycles. The van der Waals surface area contributed by atoms with E-state index in [1.54, 1.807) is 0 Å². The maximum absolute atomic E-state index is 12.4.